The molecule has 3 N–H and O–H groups in total. The maximum Gasteiger partial charge on any atom is 0.289 e. The first-order chi connectivity index (χ1) is 18.4. The second-order valence-electron chi connectivity index (χ2n) is 10.1. The van der Waals surface area contributed by atoms with E-state index in [1.54, 1.807) is 6.92 Å². The SMILES string of the molecule is CCNC(=O)C(=O)C(Cc1ccc(Br)cc1)NC(=O)C(NC(=O)CCCCC1CCSS1)C1CCCCC1. The van der Waals surface area contributed by atoms with Gasteiger partial charge in [-0.2, -0.15) is 0 Å². The van der Waals surface area contributed by atoms with E-state index >= 15 is 0 Å². The van der Waals surface area contributed by atoms with Crippen molar-refractivity contribution in [2.24, 2.45) is 5.92 Å². The highest BCUT2D eigenvalue weighted by molar-refractivity contribution is 9.10. The van der Waals surface area contributed by atoms with Gasteiger partial charge in [-0.15, -0.1) is 0 Å². The van der Waals surface area contributed by atoms with Crippen LogP contribution in [0.1, 0.15) is 76.7 Å². The number of hydrogen-bond donors (Lipinski definition) is 3. The fourth-order valence-electron chi connectivity index (χ4n) is 5.07. The molecule has 2 aliphatic rings. The maximum absolute atomic E-state index is 13.6. The zero-order chi connectivity index (χ0) is 27.3. The molecule has 1 saturated carbocycles. The van der Waals surface area contributed by atoms with Crippen LogP contribution >= 0.6 is 37.5 Å². The Labute approximate surface area is 242 Å². The van der Waals surface area contributed by atoms with Crippen LogP contribution in [-0.2, 0) is 25.6 Å². The molecule has 0 spiro atoms. The summed E-state index contributed by atoms with van der Waals surface area (Å²) in [5.41, 5.74) is 0.827. The van der Waals surface area contributed by atoms with E-state index in [2.05, 4.69) is 31.9 Å². The Hall–Kier alpha value is -1.52. The van der Waals surface area contributed by atoms with Crippen LogP contribution < -0.4 is 16.0 Å². The molecular formula is C28H40BrN3O4S2. The lowest BCUT2D eigenvalue weighted by Crippen LogP contribution is -2.56. The summed E-state index contributed by atoms with van der Waals surface area (Å²) in [4.78, 5) is 51.9. The summed E-state index contributed by atoms with van der Waals surface area (Å²) in [6.45, 7) is 2.07. The fraction of sp³-hybridized carbons (Fsp3) is 0.643. The number of nitrogens with one attached hydrogen (secondary N) is 3. The molecule has 7 nitrogen and oxygen atoms in total. The van der Waals surface area contributed by atoms with Crippen LogP contribution in [0.2, 0.25) is 0 Å². The van der Waals surface area contributed by atoms with Gasteiger partial charge in [0.1, 0.15) is 12.1 Å². The number of carbonyl (C=O) groups excluding carboxylic acids is 4. The van der Waals surface area contributed by atoms with E-state index in [0.717, 1.165) is 61.4 Å². The van der Waals surface area contributed by atoms with Crippen molar-refractivity contribution in [3.63, 3.8) is 0 Å². The average molecular weight is 627 g/mol. The van der Waals surface area contributed by atoms with Crippen LogP contribution in [0.15, 0.2) is 28.7 Å². The van der Waals surface area contributed by atoms with Crippen molar-refractivity contribution in [2.45, 2.75) is 94.9 Å². The fourth-order valence-corrected chi connectivity index (χ4v) is 8.36. The minimum atomic E-state index is -1.01. The first-order valence-electron chi connectivity index (χ1n) is 13.8. The normalized spacial score (nSPS) is 19.4. The van der Waals surface area contributed by atoms with Gasteiger partial charge in [-0.05, 0) is 62.6 Å². The third-order valence-electron chi connectivity index (χ3n) is 7.17. The summed E-state index contributed by atoms with van der Waals surface area (Å²) in [5, 5.41) is 9.09. The summed E-state index contributed by atoms with van der Waals surface area (Å²) in [7, 11) is 3.88. The number of carbonyl (C=O) groups is 4. The molecular weight excluding hydrogens is 586 g/mol. The zero-order valence-corrected chi connectivity index (χ0v) is 25.4. The third kappa shape index (κ3) is 10.2. The van der Waals surface area contributed by atoms with Gasteiger partial charge in [-0.25, -0.2) is 0 Å². The second kappa shape index (κ2) is 16.6. The van der Waals surface area contributed by atoms with Gasteiger partial charge in [-0.3, -0.25) is 19.2 Å². The highest BCUT2D eigenvalue weighted by Crippen LogP contribution is 2.39. The van der Waals surface area contributed by atoms with Crippen molar-refractivity contribution >= 4 is 61.0 Å². The van der Waals surface area contributed by atoms with Crippen molar-refractivity contribution in [3.8, 4) is 0 Å². The van der Waals surface area contributed by atoms with Gasteiger partial charge in [-0.1, -0.05) is 75.3 Å². The van der Waals surface area contributed by atoms with Crippen molar-refractivity contribution in [2.75, 3.05) is 12.3 Å². The molecule has 1 saturated heterocycles. The number of rotatable bonds is 14. The first kappa shape index (κ1) is 31.0. The third-order valence-corrected chi connectivity index (χ3v) is 10.7. The van der Waals surface area contributed by atoms with Crippen LogP contribution in [0.25, 0.3) is 0 Å². The summed E-state index contributed by atoms with van der Waals surface area (Å²) in [6.07, 6.45) is 9.61. The Bertz CT molecular complexity index is 935. The predicted octanol–water partition coefficient (Wildman–Crippen LogP) is 4.96. The first-order valence-corrected chi connectivity index (χ1v) is 17.0. The van der Waals surface area contributed by atoms with Crippen LogP contribution in [0.5, 0.6) is 0 Å². The van der Waals surface area contributed by atoms with Gasteiger partial charge in [0.05, 0.1) is 0 Å². The summed E-state index contributed by atoms with van der Waals surface area (Å²) < 4.78 is 0.901. The number of Topliss-reactive ketones (excluding diaryl/α,β-unsaturated/α-hetero) is 1. The van der Waals surface area contributed by atoms with Crippen molar-refractivity contribution in [1.82, 2.24) is 16.0 Å². The molecule has 1 heterocycles. The van der Waals surface area contributed by atoms with E-state index < -0.39 is 23.8 Å². The van der Waals surface area contributed by atoms with E-state index in [0.29, 0.717) is 18.2 Å². The lowest BCUT2D eigenvalue weighted by molar-refractivity contribution is -0.140. The molecule has 1 aliphatic carbocycles. The number of ketones is 1. The maximum atomic E-state index is 13.6. The number of hydrogen-bond acceptors (Lipinski definition) is 6. The van der Waals surface area contributed by atoms with E-state index in [1.807, 2.05) is 45.9 Å². The smallest absolute Gasteiger partial charge is 0.289 e. The van der Waals surface area contributed by atoms with Crippen LogP contribution in [0, 0.1) is 5.92 Å². The number of halogens is 1. The van der Waals surface area contributed by atoms with E-state index in [-0.39, 0.29) is 24.2 Å². The summed E-state index contributed by atoms with van der Waals surface area (Å²) >= 11 is 3.41. The van der Waals surface area contributed by atoms with Gasteiger partial charge < -0.3 is 16.0 Å². The topological polar surface area (TPSA) is 104 Å². The minimum absolute atomic E-state index is 0.0208. The summed E-state index contributed by atoms with van der Waals surface area (Å²) in [5.74, 6) is -0.674. The Morgan fingerprint density at radius 1 is 1.00 bits per heavy atom. The lowest BCUT2D eigenvalue weighted by atomic mass is 9.83. The molecule has 1 aromatic carbocycles. The Morgan fingerprint density at radius 2 is 1.74 bits per heavy atom. The number of amides is 3. The molecule has 3 rings (SSSR count). The van der Waals surface area contributed by atoms with Gasteiger partial charge >= 0.3 is 0 Å². The molecule has 2 fully saturated rings. The van der Waals surface area contributed by atoms with Crippen LogP contribution in [-0.4, -0.2) is 53.1 Å². The quantitative estimate of drug-likeness (QED) is 0.153. The molecule has 0 radical (unpaired) electrons. The molecule has 0 bridgehead atoms. The molecule has 210 valence electrons. The largest absolute Gasteiger partial charge is 0.350 e. The monoisotopic (exact) mass is 625 g/mol. The molecule has 0 aromatic heterocycles. The lowest BCUT2D eigenvalue weighted by Gasteiger charge is -2.31. The molecule has 3 amide bonds. The Kier molecular flexibility index (Phi) is 13.5. The number of benzene rings is 1. The van der Waals surface area contributed by atoms with Crippen molar-refractivity contribution in [3.05, 3.63) is 34.3 Å². The van der Waals surface area contributed by atoms with Crippen LogP contribution in [0.3, 0.4) is 0 Å². The molecule has 1 aromatic rings. The van der Waals surface area contributed by atoms with E-state index in [9.17, 15) is 19.2 Å². The number of likely N-dealkylation sites (N-methyl/N-ethyl adjacent to an activating group) is 1. The van der Waals surface area contributed by atoms with E-state index in [1.165, 1.54) is 12.2 Å². The molecule has 1 aliphatic heterocycles. The minimum Gasteiger partial charge on any atom is -0.350 e. The molecule has 38 heavy (non-hydrogen) atoms. The van der Waals surface area contributed by atoms with Gasteiger partial charge in [0.2, 0.25) is 17.6 Å². The Morgan fingerprint density at radius 3 is 2.39 bits per heavy atom. The van der Waals surface area contributed by atoms with Gasteiger partial charge in [0.25, 0.3) is 5.91 Å². The van der Waals surface area contributed by atoms with Gasteiger partial charge in [0, 0.05) is 34.9 Å². The van der Waals surface area contributed by atoms with Crippen molar-refractivity contribution in [1.29, 1.82) is 0 Å². The highest BCUT2D eigenvalue weighted by Gasteiger charge is 2.34. The molecule has 3 atom stereocenters. The van der Waals surface area contributed by atoms with Gasteiger partial charge in [0.15, 0.2) is 0 Å². The second-order valence-corrected chi connectivity index (χ2v) is 13.8. The predicted molar refractivity (Wildman–Crippen MR) is 159 cm³/mol. The summed E-state index contributed by atoms with van der Waals surface area (Å²) in [6, 6.07) is 5.72. The Balaban J connectivity index is 1.65. The van der Waals surface area contributed by atoms with E-state index in [4.69, 9.17) is 0 Å². The van der Waals surface area contributed by atoms with Crippen LogP contribution in [0.4, 0.5) is 0 Å². The molecule has 3 unspecified atom stereocenters. The molecule has 10 heteroatoms. The zero-order valence-electron chi connectivity index (χ0n) is 22.1. The number of unbranched alkanes of at least 4 members (excludes halogenated alkanes) is 1. The standard InChI is InChI=1S/C28H40BrN3O4S2/c1-2-30-28(36)26(34)23(18-19-12-14-21(29)15-13-19)31-27(35)25(20-8-4-3-5-9-20)32-24(33)11-7-6-10-22-16-17-37-38-22/h12-15,20,22-23,25H,2-11,16-18H2,1H3,(H,30,36)(H,31,35)(H,32,33). The van der Waals surface area contributed by atoms with Crippen molar-refractivity contribution < 1.29 is 19.2 Å². The average Bonchev–Trinajstić information content (AvgIpc) is 3.44. The highest BCUT2D eigenvalue weighted by atomic mass is 79.9.